The quantitative estimate of drug-likeness (QED) is 0.901. The zero-order valence-corrected chi connectivity index (χ0v) is 11.2. The number of hydrogen-bond donors (Lipinski definition) is 1. The van der Waals surface area contributed by atoms with Crippen molar-refractivity contribution in [2.24, 2.45) is 0 Å². The molecule has 1 saturated heterocycles. The normalized spacial score (nSPS) is 19.8. The van der Waals surface area contributed by atoms with E-state index in [1.807, 2.05) is 5.32 Å². The second-order valence-corrected chi connectivity index (χ2v) is 5.04. The van der Waals surface area contributed by atoms with Crippen LogP contribution in [0.25, 0.3) is 0 Å². The summed E-state index contributed by atoms with van der Waals surface area (Å²) in [7, 11) is 0. The number of alkyl halides is 3. The summed E-state index contributed by atoms with van der Waals surface area (Å²) in [5.41, 5.74) is 1.13. The fourth-order valence-electron chi connectivity index (χ4n) is 2.42. The number of rotatable bonds is 2. The average molecular weight is 286 g/mol. The first-order valence-corrected chi connectivity index (χ1v) is 6.63. The lowest BCUT2D eigenvalue weighted by atomic mass is 10.0. The van der Waals surface area contributed by atoms with E-state index in [0.29, 0.717) is 6.04 Å². The summed E-state index contributed by atoms with van der Waals surface area (Å²) in [6.07, 6.45) is -1.42. The van der Waals surface area contributed by atoms with E-state index in [4.69, 9.17) is 0 Å². The van der Waals surface area contributed by atoms with Gasteiger partial charge in [-0.15, -0.1) is 0 Å². The molecule has 0 unspecified atom stereocenters. The van der Waals surface area contributed by atoms with Gasteiger partial charge in [0.15, 0.2) is 0 Å². The second kappa shape index (κ2) is 5.73. The highest BCUT2D eigenvalue weighted by Crippen LogP contribution is 2.26. The molecule has 1 atom stereocenters. The number of carbonyl (C=O) groups excluding carboxylic acids is 1. The number of nitrogens with one attached hydrogen (secondary N) is 1. The van der Waals surface area contributed by atoms with Gasteiger partial charge in [-0.2, -0.15) is 13.2 Å². The molecule has 0 aliphatic carbocycles. The average Bonchev–Trinajstić information content (AvgIpc) is 2.39. The predicted molar refractivity (Wildman–Crippen MR) is 71.8 cm³/mol. The van der Waals surface area contributed by atoms with Crippen LogP contribution in [-0.4, -0.2) is 24.7 Å². The zero-order chi connectivity index (χ0) is 14.8. The minimum atomic E-state index is -4.86. The number of carbonyl (C=O) groups is 1. The Hall–Kier alpha value is -1.72. The molecule has 1 fully saturated rings. The van der Waals surface area contributed by atoms with Crippen LogP contribution in [0.2, 0.25) is 0 Å². The lowest BCUT2D eigenvalue weighted by Crippen LogP contribution is -2.37. The van der Waals surface area contributed by atoms with Crippen molar-refractivity contribution >= 4 is 17.3 Å². The summed E-state index contributed by atoms with van der Waals surface area (Å²) < 4.78 is 36.4. The molecule has 1 N–H and O–H groups in total. The molecule has 1 aliphatic rings. The Morgan fingerprint density at radius 2 is 1.90 bits per heavy atom. The minimum absolute atomic E-state index is 0.153. The highest BCUT2D eigenvalue weighted by molar-refractivity contribution is 5.95. The van der Waals surface area contributed by atoms with E-state index in [1.54, 1.807) is 12.1 Å². The van der Waals surface area contributed by atoms with Crippen LogP contribution in [0.1, 0.15) is 26.2 Å². The molecule has 0 aromatic heterocycles. The maximum Gasteiger partial charge on any atom is 0.471 e. The Morgan fingerprint density at radius 3 is 2.45 bits per heavy atom. The molecular formula is C14H17F3N2O. The molecule has 0 spiro atoms. The molecule has 1 aromatic rings. The molecule has 0 radical (unpaired) electrons. The SMILES string of the molecule is C[C@@H]1CCCCN1c1ccc(NC(=O)C(F)(F)F)cc1. The molecule has 6 heteroatoms. The fourth-order valence-corrected chi connectivity index (χ4v) is 2.42. The monoisotopic (exact) mass is 286 g/mol. The van der Waals surface area contributed by atoms with Crippen molar-refractivity contribution in [2.75, 3.05) is 16.8 Å². The number of anilines is 2. The van der Waals surface area contributed by atoms with Gasteiger partial charge in [0.25, 0.3) is 0 Å². The highest BCUT2D eigenvalue weighted by Gasteiger charge is 2.38. The maximum absolute atomic E-state index is 12.1. The van der Waals surface area contributed by atoms with Gasteiger partial charge < -0.3 is 10.2 Å². The molecule has 1 amide bonds. The summed E-state index contributed by atoms with van der Waals surface area (Å²) in [6.45, 7) is 3.09. The van der Waals surface area contributed by atoms with Crippen LogP contribution in [-0.2, 0) is 4.79 Å². The van der Waals surface area contributed by atoms with Crippen LogP contribution in [0.5, 0.6) is 0 Å². The topological polar surface area (TPSA) is 32.3 Å². The lowest BCUT2D eigenvalue weighted by molar-refractivity contribution is -0.167. The van der Waals surface area contributed by atoms with Gasteiger partial charge in [-0.05, 0) is 50.5 Å². The third kappa shape index (κ3) is 3.43. The molecule has 1 aliphatic heterocycles. The summed E-state index contributed by atoms with van der Waals surface area (Å²) in [4.78, 5) is 13.1. The van der Waals surface area contributed by atoms with Crippen LogP contribution in [0.15, 0.2) is 24.3 Å². The molecule has 3 nitrogen and oxygen atoms in total. The maximum atomic E-state index is 12.1. The molecular weight excluding hydrogens is 269 g/mol. The standard InChI is InChI=1S/C14H17F3N2O/c1-10-4-2-3-9-19(10)12-7-5-11(6-8-12)18-13(20)14(15,16)17/h5-8,10H,2-4,9H2,1H3,(H,18,20)/t10-/m1/s1. The van der Waals surface area contributed by atoms with Crippen molar-refractivity contribution in [3.05, 3.63) is 24.3 Å². The third-order valence-electron chi connectivity index (χ3n) is 3.52. The van der Waals surface area contributed by atoms with Gasteiger partial charge in [-0.1, -0.05) is 0 Å². The van der Waals surface area contributed by atoms with Crippen LogP contribution >= 0.6 is 0 Å². The van der Waals surface area contributed by atoms with Crippen LogP contribution in [0.3, 0.4) is 0 Å². The van der Waals surface area contributed by atoms with Gasteiger partial charge in [-0.25, -0.2) is 0 Å². The molecule has 0 saturated carbocycles. The van der Waals surface area contributed by atoms with Gasteiger partial charge in [0.05, 0.1) is 0 Å². The van der Waals surface area contributed by atoms with Crippen molar-refractivity contribution in [3.8, 4) is 0 Å². The number of hydrogen-bond acceptors (Lipinski definition) is 2. The van der Waals surface area contributed by atoms with E-state index in [-0.39, 0.29) is 5.69 Å². The third-order valence-corrected chi connectivity index (χ3v) is 3.52. The van der Waals surface area contributed by atoms with Gasteiger partial charge in [0.1, 0.15) is 0 Å². The first-order chi connectivity index (χ1) is 9.38. The highest BCUT2D eigenvalue weighted by atomic mass is 19.4. The molecule has 1 aromatic carbocycles. The molecule has 2 rings (SSSR count). The van der Waals surface area contributed by atoms with Crippen LogP contribution in [0, 0.1) is 0 Å². The van der Waals surface area contributed by atoms with E-state index in [0.717, 1.165) is 25.1 Å². The smallest absolute Gasteiger partial charge is 0.369 e. The van der Waals surface area contributed by atoms with Gasteiger partial charge in [-0.3, -0.25) is 4.79 Å². The minimum Gasteiger partial charge on any atom is -0.369 e. The van der Waals surface area contributed by atoms with E-state index in [9.17, 15) is 18.0 Å². The molecule has 110 valence electrons. The molecule has 0 bridgehead atoms. The van der Waals surface area contributed by atoms with Crippen molar-refractivity contribution in [2.45, 2.75) is 38.4 Å². The number of amides is 1. The van der Waals surface area contributed by atoms with Gasteiger partial charge >= 0.3 is 12.1 Å². The largest absolute Gasteiger partial charge is 0.471 e. The summed E-state index contributed by atoms with van der Waals surface area (Å²) in [6, 6.07) is 6.92. The van der Waals surface area contributed by atoms with Crippen LogP contribution < -0.4 is 10.2 Å². The first kappa shape index (κ1) is 14.7. The van der Waals surface area contributed by atoms with Gasteiger partial charge in [0, 0.05) is 24.0 Å². The van der Waals surface area contributed by atoms with Crippen molar-refractivity contribution in [3.63, 3.8) is 0 Å². The molecule has 20 heavy (non-hydrogen) atoms. The summed E-state index contributed by atoms with van der Waals surface area (Å²) in [5, 5.41) is 1.84. The van der Waals surface area contributed by atoms with Crippen LogP contribution in [0.4, 0.5) is 24.5 Å². The van der Waals surface area contributed by atoms with Crippen molar-refractivity contribution in [1.82, 2.24) is 0 Å². The van der Waals surface area contributed by atoms with E-state index < -0.39 is 12.1 Å². The Bertz CT molecular complexity index is 470. The Kier molecular flexibility index (Phi) is 4.20. The predicted octanol–water partition coefficient (Wildman–Crippen LogP) is 3.57. The summed E-state index contributed by atoms with van der Waals surface area (Å²) in [5.74, 6) is -1.95. The van der Waals surface area contributed by atoms with Crippen molar-refractivity contribution < 1.29 is 18.0 Å². The fraction of sp³-hybridized carbons (Fsp3) is 0.500. The van der Waals surface area contributed by atoms with Crippen molar-refractivity contribution in [1.29, 1.82) is 0 Å². The van der Waals surface area contributed by atoms with E-state index in [1.165, 1.54) is 18.6 Å². The summed E-state index contributed by atoms with van der Waals surface area (Å²) >= 11 is 0. The number of piperidine rings is 1. The van der Waals surface area contributed by atoms with E-state index >= 15 is 0 Å². The number of benzene rings is 1. The Morgan fingerprint density at radius 1 is 1.25 bits per heavy atom. The van der Waals surface area contributed by atoms with Gasteiger partial charge in [0.2, 0.25) is 0 Å². The first-order valence-electron chi connectivity index (χ1n) is 6.63. The second-order valence-electron chi connectivity index (χ2n) is 5.04. The zero-order valence-electron chi connectivity index (χ0n) is 11.2. The van der Waals surface area contributed by atoms with E-state index in [2.05, 4.69) is 11.8 Å². The number of halogens is 3. The molecule has 1 heterocycles. The Balaban J connectivity index is 2.04. The lowest BCUT2D eigenvalue weighted by Gasteiger charge is -2.35. The number of nitrogens with zero attached hydrogens (tertiary/aromatic N) is 1. The Labute approximate surface area is 115 Å².